The van der Waals surface area contributed by atoms with Crippen molar-refractivity contribution in [2.24, 2.45) is 0 Å². The molecular weight excluding hydrogens is 446 g/mol. The maximum absolute atomic E-state index is 13.4. The standard InChI is InChI=1S/C24H25NO7S/c1-30-17-8-10-18(11-9-17)33(28,29)21-15-20(24(27)31-2)19(14-16-6-4-3-5-7-16)23(22(21)25)32-13-12-26/h3-11,15,26H,12-14,25H2,1-2H3. The Morgan fingerprint density at radius 2 is 1.70 bits per heavy atom. The fraction of sp³-hybridized carbons (Fsp3) is 0.208. The van der Waals surface area contributed by atoms with E-state index in [4.69, 9.17) is 19.9 Å². The van der Waals surface area contributed by atoms with Gasteiger partial charge in [0.15, 0.2) is 0 Å². The summed E-state index contributed by atoms with van der Waals surface area (Å²) in [6.45, 7) is -0.466. The molecule has 3 rings (SSSR count). The zero-order valence-corrected chi connectivity index (χ0v) is 19.1. The molecule has 0 spiro atoms. The average Bonchev–Trinajstić information content (AvgIpc) is 2.84. The highest BCUT2D eigenvalue weighted by molar-refractivity contribution is 7.91. The number of nitrogens with two attached hydrogens (primary N) is 1. The normalized spacial score (nSPS) is 11.1. The number of carbonyl (C=O) groups excluding carboxylic acids is 1. The molecule has 0 saturated heterocycles. The molecule has 0 aliphatic rings. The number of esters is 1. The van der Waals surface area contributed by atoms with E-state index in [1.54, 1.807) is 0 Å². The molecule has 0 atom stereocenters. The molecule has 0 bridgehead atoms. The number of carbonyl (C=O) groups is 1. The van der Waals surface area contributed by atoms with Crippen LogP contribution in [-0.4, -0.2) is 46.9 Å². The summed E-state index contributed by atoms with van der Waals surface area (Å²) < 4.78 is 42.5. The number of rotatable bonds is 9. The average molecular weight is 472 g/mol. The molecule has 0 heterocycles. The van der Waals surface area contributed by atoms with Crippen molar-refractivity contribution in [3.8, 4) is 11.5 Å². The van der Waals surface area contributed by atoms with Crippen LogP contribution >= 0.6 is 0 Å². The molecule has 0 aliphatic heterocycles. The number of ether oxygens (including phenoxy) is 3. The molecule has 0 unspecified atom stereocenters. The van der Waals surface area contributed by atoms with E-state index < -0.39 is 15.8 Å². The molecule has 33 heavy (non-hydrogen) atoms. The van der Waals surface area contributed by atoms with Crippen LogP contribution in [0, 0.1) is 0 Å². The second-order valence-corrected chi connectivity index (χ2v) is 8.97. The van der Waals surface area contributed by atoms with E-state index in [0.717, 1.165) is 5.56 Å². The number of nitrogen functional groups attached to an aromatic ring is 1. The third-order valence-corrected chi connectivity index (χ3v) is 6.82. The maximum atomic E-state index is 13.4. The second kappa shape index (κ2) is 10.4. The van der Waals surface area contributed by atoms with Crippen LogP contribution in [0.25, 0.3) is 0 Å². The van der Waals surface area contributed by atoms with Gasteiger partial charge in [-0.2, -0.15) is 0 Å². The predicted octanol–water partition coefficient (Wildman–Crippen LogP) is 2.86. The number of hydrogen-bond donors (Lipinski definition) is 2. The molecule has 3 aromatic carbocycles. The van der Waals surface area contributed by atoms with Crippen LogP contribution in [0.1, 0.15) is 21.5 Å². The van der Waals surface area contributed by atoms with Gasteiger partial charge in [-0.15, -0.1) is 0 Å². The molecule has 0 aromatic heterocycles. The minimum absolute atomic E-state index is 0.00980. The predicted molar refractivity (Wildman–Crippen MR) is 122 cm³/mol. The van der Waals surface area contributed by atoms with Gasteiger partial charge < -0.3 is 25.1 Å². The minimum atomic E-state index is -4.13. The molecule has 8 nitrogen and oxygen atoms in total. The fourth-order valence-electron chi connectivity index (χ4n) is 3.38. The van der Waals surface area contributed by atoms with Gasteiger partial charge >= 0.3 is 5.97 Å². The van der Waals surface area contributed by atoms with E-state index in [9.17, 15) is 18.3 Å². The number of benzene rings is 3. The van der Waals surface area contributed by atoms with Crippen molar-refractivity contribution < 1.29 is 32.5 Å². The van der Waals surface area contributed by atoms with Gasteiger partial charge in [0.2, 0.25) is 9.84 Å². The van der Waals surface area contributed by atoms with Gasteiger partial charge in [0, 0.05) is 12.0 Å². The zero-order chi connectivity index (χ0) is 24.0. The highest BCUT2D eigenvalue weighted by atomic mass is 32.2. The highest BCUT2D eigenvalue weighted by Crippen LogP contribution is 2.39. The molecule has 0 amide bonds. The molecule has 9 heteroatoms. The number of hydrogen-bond acceptors (Lipinski definition) is 8. The topological polar surface area (TPSA) is 125 Å². The van der Waals surface area contributed by atoms with Gasteiger partial charge in [0.25, 0.3) is 0 Å². The highest BCUT2D eigenvalue weighted by Gasteiger charge is 2.29. The van der Waals surface area contributed by atoms with Crippen LogP contribution in [0.5, 0.6) is 11.5 Å². The number of sulfone groups is 1. The molecule has 174 valence electrons. The Labute approximate surface area is 192 Å². The third-order valence-electron chi connectivity index (χ3n) is 5.01. The molecule has 0 fully saturated rings. The van der Waals surface area contributed by atoms with Crippen molar-refractivity contribution in [3.05, 3.63) is 77.4 Å². The molecule has 3 N–H and O–H groups in total. The monoisotopic (exact) mass is 471 g/mol. The molecule has 3 aromatic rings. The summed E-state index contributed by atoms with van der Waals surface area (Å²) in [5.41, 5.74) is 7.38. The maximum Gasteiger partial charge on any atom is 0.338 e. The van der Waals surface area contributed by atoms with Gasteiger partial charge in [-0.05, 0) is 35.9 Å². The van der Waals surface area contributed by atoms with E-state index in [0.29, 0.717) is 11.3 Å². The first-order valence-electron chi connectivity index (χ1n) is 10.0. The van der Waals surface area contributed by atoms with Crippen LogP contribution in [-0.2, 0) is 21.0 Å². The Bertz CT molecular complexity index is 1220. The Kier molecular flexibility index (Phi) is 7.57. The number of methoxy groups -OCH3 is 2. The van der Waals surface area contributed by atoms with Crippen LogP contribution < -0.4 is 15.2 Å². The number of aliphatic hydroxyl groups is 1. The smallest absolute Gasteiger partial charge is 0.338 e. The first-order valence-corrected chi connectivity index (χ1v) is 11.5. The van der Waals surface area contributed by atoms with Gasteiger partial charge in [-0.3, -0.25) is 0 Å². The van der Waals surface area contributed by atoms with Gasteiger partial charge in [-0.25, -0.2) is 13.2 Å². The third kappa shape index (κ3) is 5.10. The van der Waals surface area contributed by atoms with Crippen molar-refractivity contribution in [2.75, 3.05) is 33.2 Å². The van der Waals surface area contributed by atoms with Crippen LogP contribution in [0.15, 0.2) is 70.5 Å². The van der Waals surface area contributed by atoms with Gasteiger partial charge in [0.05, 0.1) is 41.9 Å². The molecule has 0 aliphatic carbocycles. The Morgan fingerprint density at radius 3 is 2.27 bits per heavy atom. The van der Waals surface area contributed by atoms with Crippen LogP contribution in [0.4, 0.5) is 5.69 Å². The van der Waals surface area contributed by atoms with Crippen molar-refractivity contribution in [2.45, 2.75) is 16.2 Å². The van der Waals surface area contributed by atoms with Crippen molar-refractivity contribution in [3.63, 3.8) is 0 Å². The first-order chi connectivity index (χ1) is 15.8. The summed E-state index contributed by atoms with van der Waals surface area (Å²) >= 11 is 0. The summed E-state index contributed by atoms with van der Waals surface area (Å²) in [4.78, 5) is 12.4. The zero-order valence-electron chi connectivity index (χ0n) is 18.3. The Hall–Kier alpha value is -3.56. The number of anilines is 1. The second-order valence-electron chi connectivity index (χ2n) is 7.05. The van der Waals surface area contributed by atoms with E-state index >= 15 is 0 Å². The lowest BCUT2D eigenvalue weighted by Gasteiger charge is -2.20. The lowest BCUT2D eigenvalue weighted by molar-refractivity contribution is 0.0598. The van der Waals surface area contributed by atoms with E-state index in [1.807, 2.05) is 30.3 Å². The summed E-state index contributed by atoms with van der Waals surface area (Å²) in [7, 11) is -1.45. The summed E-state index contributed by atoms with van der Waals surface area (Å²) in [6, 6.07) is 16.3. The quantitative estimate of drug-likeness (QED) is 0.361. The first kappa shape index (κ1) is 24.1. The van der Waals surface area contributed by atoms with E-state index in [2.05, 4.69) is 0 Å². The fourth-order valence-corrected chi connectivity index (χ4v) is 4.78. The molecular formula is C24H25NO7S. The van der Waals surface area contributed by atoms with Crippen molar-refractivity contribution in [1.29, 1.82) is 0 Å². The Balaban J connectivity index is 2.25. The molecule has 0 saturated carbocycles. The van der Waals surface area contributed by atoms with Crippen LogP contribution in [0.3, 0.4) is 0 Å². The van der Waals surface area contributed by atoms with Crippen LogP contribution in [0.2, 0.25) is 0 Å². The lowest BCUT2D eigenvalue weighted by Crippen LogP contribution is -2.16. The summed E-state index contributed by atoms with van der Waals surface area (Å²) in [6.07, 6.45) is 0.235. The number of aliphatic hydroxyl groups excluding tert-OH is 1. The van der Waals surface area contributed by atoms with E-state index in [-0.39, 0.29) is 46.4 Å². The lowest BCUT2D eigenvalue weighted by atomic mass is 9.97. The van der Waals surface area contributed by atoms with Crippen molar-refractivity contribution >= 4 is 21.5 Å². The van der Waals surface area contributed by atoms with Gasteiger partial charge in [0.1, 0.15) is 18.1 Å². The molecule has 0 radical (unpaired) electrons. The minimum Gasteiger partial charge on any atom is -0.497 e. The van der Waals surface area contributed by atoms with Crippen molar-refractivity contribution in [1.82, 2.24) is 0 Å². The Morgan fingerprint density at radius 1 is 1.03 bits per heavy atom. The summed E-state index contributed by atoms with van der Waals surface area (Å²) in [5, 5.41) is 9.29. The largest absolute Gasteiger partial charge is 0.497 e. The summed E-state index contributed by atoms with van der Waals surface area (Å²) in [5.74, 6) is -0.230. The van der Waals surface area contributed by atoms with Gasteiger partial charge in [-0.1, -0.05) is 30.3 Å². The van der Waals surface area contributed by atoms with E-state index in [1.165, 1.54) is 44.6 Å². The SMILES string of the molecule is COC(=O)c1cc(S(=O)(=O)c2ccc(OC)cc2)c(N)c(OCCO)c1Cc1ccccc1.